The Morgan fingerprint density at radius 3 is 2.52 bits per heavy atom. The Hall–Kier alpha value is -1.10. The van der Waals surface area contributed by atoms with Gasteiger partial charge in [-0.25, -0.2) is 0 Å². The number of likely N-dealkylation sites (tertiary alicyclic amines) is 1. The van der Waals surface area contributed by atoms with Crippen molar-refractivity contribution in [2.24, 2.45) is 11.3 Å². The number of methoxy groups -OCH3 is 1. The fraction of sp³-hybridized carbons (Fsp3) is 0.889. The molecule has 3 aliphatic carbocycles. The van der Waals surface area contributed by atoms with Crippen LogP contribution in [-0.2, 0) is 14.3 Å². The Labute approximate surface area is 138 Å². The van der Waals surface area contributed by atoms with Gasteiger partial charge in [0.2, 0.25) is 11.8 Å². The van der Waals surface area contributed by atoms with Gasteiger partial charge < -0.3 is 15.0 Å². The lowest BCUT2D eigenvalue weighted by atomic mass is 9.65. The molecule has 4 fully saturated rings. The lowest BCUT2D eigenvalue weighted by Gasteiger charge is -2.45. The molecule has 0 unspecified atom stereocenters. The van der Waals surface area contributed by atoms with E-state index in [1.165, 1.54) is 6.42 Å². The van der Waals surface area contributed by atoms with E-state index in [9.17, 15) is 9.59 Å². The highest BCUT2D eigenvalue weighted by molar-refractivity contribution is 5.81. The summed E-state index contributed by atoms with van der Waals surface area (Å²) >= 11 is 0. The van der Waals surface area contributed by atoms with Crippen LogP contribution in [0.3, 0.4) is 0 Å². The van der Waals surface area contributed by atoms with Crippen LogP contribution in [0.25, 0.3) is 0 Å². The summed E-state index contributed by atoms with van der Waals surface area (Å²) in [6, 6.07) is 0.343. The Kier molecular flexibility index (Phi) is 3.67. The molecule has 1 N–H and O–H groups in total. The third-order valence-corrected chi connectivity index (χ3v) is 6.62. The summed E-state index contributed by atoms with van der Waals surface area (Å²) in [7, 11) is 1.73. The van der Waals surface area contributed by atoms with E-state index in [1.807, 2.05) is 4.90 Å². The average Bonchev–Trinajstić information content (AvgIpc) is 3.22. The van der Waals surface area contributed by atoms with E-state index in [2.05, 4.69) is 5.32 Å². The molecule has 5 nitrogen and oxygen atoms in total. The van der Waals surface area contributed by atoms with Crippen LogP contribution >= 0.6 is 0 Å². The third kappa shape index (κ3) is 2.88. The van der Waals surface area contributed by atoms with Crippen molar-refractivity contribution in [1.29, 1.82) is 0 Å². The maximum atomic E-state index is 12.6. The van der Waals surface area contributed by atoms with E-state index in [-0.39, 0.29) is 22.8 Å². The maximum absolute atomic E-state index is 12.6. The van der Waals surface area contributed by atoms with Gasteiger partial charge in [-0.05, 0) is 56.8 Å². The highest BCUT2D eigenvalue weighted by Crippen LogP contribution is 2.49. The SMILES string of the molecule is COC1(CC(=O)N2CCC3(CC(NC(=O)C4CC4)C3)C2)CCC1. The van der Waals surface area contributed by atoms with E-state index in [1.54, 1.807) is 7.11 Å². The molecule has 1 heterocycles. The monoisotopic (exact) mass is 320 g/mol. The van der Waals surface area contributed by atoms with Crippen molar-refractivity contribution in [1.82, 2.24) is 10.2 Å². The van der Waals surface area contributed by atoms with E-state index >= 15 is 0 Å². The molecule has 23 heavy (non-hydrogen) atoms. The van der Waals surface area contributed by atoms with Gasteiger partial charge in [0.25, 0.3) is 0 Å². The minimum absolute atomic E-state index is 0.173. The van der Waals surface area contributed by atoms with E-state index < -0.39 is 0 Å². The molecule has 1 spiro atoms. The van der Waals surface area contributed by atoms with Crippen molar-refractivity contribution in [3.8, 4) is 0 Å². The first-order chi connectivity index (χ1) is 11.0. The first-order valence-electron chi connectivity index (χ1n) is 9.17. The number of ether oxygens (including phenoxy) is 1. The zero-order valence-electron chi connectivity index (χ0n) is 14.1. The van der Waals surface area contributed by atoms with Crippen molar-refractivity contribution in [2.45, 2.75) is 69.4 Å². The number of rotatable bonds is 5. The van der Waals surface area contributed by atoms with E-state index in [4.69, 9.17) is 4.74 Å². The number of nitrogens with one attached hydrogen (secondary N) is 1. The molecule has 0 aromatic rings. The van der Waals surface area contributed by atoms with Gasteiger partial charge in [-0.3, -0.25) is 9.59 Å². The molecule has 0 atom stereocenters. The summed E-state index contributed by atoms with van der Waals surface area (Å²) in [4.78, 5) is 26.4. The van der Waals surface area contributed by atoms with Gasteiger partial charge in [0, 0.05) is 32.2 Å². The summed E-state index contributed by atoms with van der Waals surface area (Å²) < 4.78 is 5.59. The highest BCUT2D eigenvalue weighted by atomic mass is 16.5. The lowest BCUT2D eigenvalue weighted by molar-refractivity contribution is -0.144. The van der Waals surface area contributed by atoms with Gasteiger partial charge in [-0.2, -0.15) is 0 Å². The zero-order chi connectivity index (χ0) is 16.1. The fourth-order valence-corrected chi connectivity index (χ4v) is 4.65. The summed E-state index contributed by atoms with van der Waals surface area (Å²) in [6.45, 7) is 1.75. The Balaban J connectivity index is 1.25. The topological polar surface area (TPSA) is 58.6 Å². The predicted molar refractivity (Wildman–Crippen MR) is 85.7 cm³/mol. The quantitative estimate of drug-likeness (QED) is 0.841. The first kappa shape index (κ1) is 15.4. The van der Waals surface area contributed by atoms with E-state index in [0.29, 0.717) is 18.4 Å². The van der Waals surface area contributed by atoms with Crippen LogP contribution < -0.4 is 5.32 Å². The number of hydrogen-bond donors (Lipinski definition) is 1. The summed E-state index contributed by atoms with van der Waals surface area (Å²) in [5, 5.41) is 3.18. The molecule has 1 saturated heterocycles. The standard InChI is InChI=1S/C18H28N2O3/c1-23-18(5-2-6-18)11-15(21)20-8-7-17(12-20)9-14(10-17)19-16(22)13-3-4-13/h13-14H,2-12H2,1H3,(H,19,22). The first-order valence-corrected chi connectivity index (χ1v) is 9.17. The number of hydrogen-bond acceptors (Lipinski definition) is 3. The summed E-state index contributed by atoms with van der Waals surface area (Å²) in [5.41, 5.74) is 0.101. The summed E-state index contributed by atoms with van der Waals surface area (Å²) in [5.74, 6) is 0.803. The molecule has 2 amide bonds. The second-order valence-corrected chi connectivity index (χ2v) is 8.37. The van der Waals surface area contributed by atoms with Gasteiger partial charge in [-0.1, -0.05) is 0 Å². The van der Waals surface area contributed by atoms with Crippen LogP contribution in [0.15, 0.2) is 0 Å². The third-order valence-electron chi connectivity index (χ3n) is 6.62. The number of carbonyl (C=O) groups is 2. The van der Waals surface area contributed by atoms with Gasteiger partial charge in [0.05, 0.1) is 12.0 Å². The van der Waals surface area contributed by atoms with Crippen molar-refractivity contribution in [3.05, 3.63) is 0 Å². The fourth-order valence-electron chi connectivity index (χ4n) is 4.65. The normalized spacial score (nSPS) is 34.8. The largest absolute Gasteiger partial charge is 0.378 e. The van der Waals surface area contributed by atoms with Gasteiger partial charge in [0.15, 0.2) is 0 Å². The summed E-state index contributed by atoms with van der Waals surface area (Å²) in [6.07, 6.45) is 9.06. The van der Waals surface area contributed by atoms with Crippen LogP contribution in [0, 0.1) is 11.3 Å². The molecule has 0 aromatic carbocycles. The van der Waals surface area contributed by atoms with Crippen molar-refractivity contribution < 1.29 is 14.3 Å². The molecule has 4 aliphatic rings. The Bertz CT molecular complexity index is 499. The van der Waals surface area contributed by atoms with Gasteiger partial charge in [0.1, 0.15) is 0 Å². The predicted octanol–water partition coefficient (Wildman–Crippen LogP) is 1.85. The van der Waals surface area contributed by atoms with Gasteiger partial charge in [-0.15, -0.1) is 0 Å². The van der Waals surface area contributed by atoms with Crippen LogP contribution in [0.4, 0.5) is 0 Å². The van der Waals surface area contributed by atoms with Crippen LogP contribution in [0.1, 0.15) is 57.8 Å². The van der Waals surface area contributed by atoms with Gasteiger partial charge >= 0.3 is 0 Å². The van der Waals surface area contributed by atoms with Crippen molar-refractivity contribution in [2.75, 3.05) is 20.2 Å². The van der Waals surface area contributed by atoms with Crippen LogP contribution in [0.2, 0.25) is 0 Å². The Morgan fingerprint density at radius 1 is 1.22 bits per heavy atom. The molecule has 0 bridgehead atoms. The molecular formula is C18H28N2O3. The van der Waals surface area contributed by atoms with Crippen molar-refractivity contribution in [3.63, 3.8) is 0 Å². The molecule has 5 heteroatoms. The number of carbonyl (C=O) groups excluding carboxylic acids is 2. The molecule has 128 valence electrons. The smallest absolute Gasteiger partial charge is 0.225 e. The van der Waals surface area contributed by atoms with Crippen LogP contribution in [-0.4, -0.2) is 48.6 Å². The average molecular weight is 320 g/mol. The highest BCUT2D eigenvalue weighted by Gasteiger charge is 2.51. The zero-order valence-corrected chi connectivity index (χ0v) is 14.1. The minimum atomic E-state index is -0.173. The van der Waals surface area contributed by atoms with Crippen molar-refractivity contribution >= 4 is 11.8 Å². The minimum Gasteiger partial charge on any atom is -0.378 e. The second-order valence-electron chi connectivity index (χ2n) is 8.37. The number of amides is 2. The maximum Gasteiger partial charge on any atom is 0.225 e. The molecule has 0 aromatic heterocycles. The Morgan fingerprint density at radius 2 is 1.96 bits per heavy atom. The molecule has 4 rings (SSSR count). The molecule has 0 radical (unpaired) electrons. The molecule has 1 aliphatic heterocycles. The number of nitrogens with zero attached hydrogens (tertiary/aromatic N) is 1. The second kappa shape index (κ2) is 5.47. The van der Waals surface area contributed by atoms with E-state index in [0.717, 1.165) is 58.0 Å². The molecule has 3 saturated carbocycles. The van der Waals surface area contributed by atoms with Crippen LogP contribution in [0.5, 0.6) is 0 Å². The lowest BCUT2D eigenvalue weighted by Crippen LogP contribution is -2.52. The molecular weight excluding hydrogens is 292 g/mol.